The second kappa shape index (κ2) is 3.41. The molecule has 4 nitrogen and oxygen atoms in total. The second-order valence-electron chi connectivity index (χ2n) is 3.65. The standard InChI is InChI=1S/C8H16N2O2/c1-8(10,7(9)11)5-12-6-3-2-4-6/h6H,2-5,10H2,1H3,(H2,9,11). The topological polar surface area (TPSA) is 78.3 Å². The molecule has 1 unspecified atom stereocenters. The molecule has 4 N–H and O–H groups in total. The molecule has 0 heterocycles. The van der Waals surface area contributed by atoms with Gasteiger partial charge >= 0.3 is 0 Å². The zero-order valence-corrected chi connectivity index (χ0v) is 7.38. The van der Waals surface area contributed by atoms with Crippen molar-refractivity contribution in [2.24, 2.45) is 11.5 Å². The molecule has 0 aliphatic heterocycles. The lowest BCUT2D eigenvalue weighted by Gasteiger charge is -2.29. The van der Waals surface area contributed by atoms with Gasteiger partial charge in [0, 0.05) is 0 Å². The first-order chi connectivity index (χ1) is 5.52. The smallest absolute Gasteiger partial charge is 0.239 e. The van der Waals surface area contributed by atoms with Crippen LogP contribution in [0.25, 0.3) is 0 Å². The van der Waals surface area contributed by atoms with E-state index in [4.69, 9.17) is 16.2 Å². The number of hydrogen-bond donors (Lipinski definition) is 2. The molecule has 0 aromatic heterocycles. The van der Waals surface area contributed by atoms with Crippen LogP contribution >= 0.6 is 0 Å². The van der Waals surface area contributed by atoms with Crippen LogP contribution in [-0.4, -0.2) is 24.2 Å². The van der Waals surface area contributed by atoms with Crippen LogP contribution in [0.5, 0.6) is 0 Å². The maximum absolute atomic E-state index is 10.8. The molecule has 1 amide bonds. The van der Waals surface area contributed by atoms with Gasteiger partial charge in [-0.3, -0.25) is 4.79 Å². The van der Waals surface area contributed by atoms with E-state index in [1.54, 1.807) is 6.92 Å². The third-order valence-corrected chi connectivity index (χ3v) is 2.23. The van der Waals surface area contributed by atoms with E-state index in [1.165, 1.54) is 6.42 Å². The molecule has 1 fully saturated rings. The molecule has 0 aromatic carbocycles. The summed E-state index contributed by atoms with van der Waals surface area (Å²) >= 11 is 0. The molecule has 1 atom stereocenters. The van der Waals surface area contributed by atoms with Crippen LogP contribution in [0.1, 0.15) is 26.2 Å². The van der Waals surface area contributed by atoms with Crippen LogP contribution in [-0.2, 0) is 9.53 Å². The van der Waals surface area contributed by atoms with Crippen molar-refractivity contribution in [1.82, 2.24) is 0 Å². The highest BCUT2D eigenvalue weighted by Crippen LogP contribution is 2.22. The number of carbonyl (C=O) groups is 1. The molecule has 1 aliphatic carbocycles. The summed E-state index contributed by atoms with van der Waals surface area (Å²) in [6.45, 7) is 1.82. The fourth-order valence-corrected chi connectivity index (χ4v) is 0.900. The molecule has 0 radical (unpaired) electrons. The molecular weight excluding hydrogens is 156 g/mol. The Labute approximate surface area is 72.2 Å². The zero-order valence-electron chi connectivity index (χ0n) is 7.38. The van der Waals surface area contributed by atoms with E-state index in [0.717, 1.165) is 12.8 Å². The van der Waals surface area contributed by atoms with Gasteiger partial charge in [-0.05, 0) is 26.2 Å². The number of carbonyl (C=O) groups excluding carboxylic acids is 1. The van der Waals surface area contributed by atoms with Crippen LogP contribution in [0.2, 0.25) is 0 Å². The Morgan fingerprint density at radius 1 is 1.67 bits per heavy atom. The quantitative estimate of drug-likeness (QED) is 0.614. The number of primary amides is 1. The van der Waals surface area contributed by atoms with Crippen LogP contribution in [0.3, 0.4) is 0 Å². The molecule has 1 rings (SSSR count). The van der Waals surface area contributed by atoms with E-state index in [9.17, 15) is 4.79 Å². The number of ether oxygens (including phenoxy) is 1. The normalized spacial score (nSPS) is 22.8. The van der Waals surface area contributed by atoms with Gasteiger partial charge < -0.3 is 16.2 Å². The summed E-state index contributed by atoms with van der Waals surface area (Å²) in [5, 5.41) is 0. The van der Waals surface area contributed by atoms with Gasteiger partial charge in [0.1, 0.15) is 5.54 Å². The maximum Gasteiger partial charge on any atom is 0.239 e. The molecule has 12 heavy (non-hydrogen) atoms. The van der Waals surface area contributed by atoms with Crippen LogP contribution < -0.4 is 11.5 Å². The van der Waals surface area contributed by atoms with Crippen molar-refractivity contribution in [3.8, 4) is 0 Å². The van der Waals surface area contributed by atoms with E-state index in [2.05, 4.69) is 0 Å². The van der Waals surface area contributed by atoms with E-state index in [-0.39, 0.29) is 6.61 Å². The Kier molecular flexibility index (Phi) is 2.69. The maximum atomic E-state index is 10.8. The Morgan fingerprint density at radius 3 is 2.58 bits per heavy atom. The minimum absolute atomic E-state index is 0.229. The Bertz CT molecular complexity index is 176. The summed E-state index contributed by atoms with van der Waals surface area (Å²) in [4.78, 5) is 10.8. The highest BCUT2D eigenvalue weighted by atomic mass is 16.5. The van der Waals surface area contributed by atoms with Gasteiger partial charge in [0.05, 0.1) is 12.7 Å². The average molecular weight is 172 g/mol. The highest BCUT2D eigenvalue weighted by molar-refractivity contribution is 5.83. The number of hydrogen-bond acceptors (Lipinski definition) is 3. The summed E-state index contributed by atoms with van der Waals surface area (Å²) in [5.74, 6) is -0.512. The summed E-state index contributed by atoms with van der Waals surface area (Å²) in [7, 11) is 0. The average Bonchev–Trinajstić information content (AvgIpc) is 1.83. The van der Waals surface area contributed by atoms with Gasteiger partial charge in [-0.2, -0.15) is 0 Å². The Morgan fingerprint density at radius 2 is 2.25 bits per heavy atom. The lowest BCUT2D eigenvalue weighted by molar-refractivity contribution is -0.126. The molecular formula is C8H16N2O2. The second-order valence-corrected chi connectivity index (χ2v) is 3.65. The fraction of sp³-hybridized carbons (Fsp3) is 0.875. The number of rotatable bonds is 4. The zero-order chi connectivity index (χ0) is 9.19. The van der Waals surface area contributed by atoms with Gasteiger partial charge in [0.2, 0.25) is 5.91 Å². The van der Waals surface area contributed by atoms with Crippen LogP contribution in [0.4, 0.5) is 0 Å². The van der Waals surface area contributed by atoms with Crippen molar-refractivity contribution in [3.63, 3.8) is 0 Å². The van der Waals surface area contributed by atoms with Crippen molar-refractivity contribution in [2.45, 2.75) is 37.8 Å². The molecule has 0 aromatic rings. The summed E-state index contributed by atoms with van der Waals surface area (Å²) in [6.07, 6.45) is 3.67. The van der Waals surface area contributed by atoms with E-state index in [0.29, 0.717) is 6.10 Å². The molecule has 0 spiro atoms. The fourth-order valence-electron chi connectivity index (χ4n) is 0.900. The van der Waals surface area contributed by atoms with Gasteiger partial charge in [0.15, 0.2) is 0 Å². The third-order valence-electron chi connectivity index (χ3n) is 2.23. The Balaban J connectivity index is 2.24. The molecule has 0 bridgehead atoms. The third kappa shape index (κ3) is 2.19. The summed E-state index contributed by atoms with van der Waals surface area (Å²) in [6, 6.07) is 0. The highest BCUT2D eigenvalue weighted by Gasteiger charge is 2.28. The minimum atomic E-state index is -1.02. The van der Waals surface area contributed by atoms with Crippen LogP contribution in [0, 0.1) is 0 Å². The van der Waals surface area contributed by atoms with Gasteiger partial charge in [-0.25, -0.2) is 0 Å². The summed E-state index contributed by atoms with van der Waals surface area (Å²) in [5.41, 5.74) is 9.64. The van der Waals surface area contributed by atoms with Crippen molar-refractivity contribution < 1.29 is 9.53 Å². The minimum Gasteiger partial charge on any atom is -0.376 e. The molecule has 1 saturated carbocycles. The van der Waals surface area contributed by atoms with E-state index >= 15 is 0 Å². The molecule has 4 heteroatoms. The van der Waals surface area contributed by atoms with Gasteiger partial charge in [0.25, 0.3) is 0 Å². The summed E-state index contributed by atoms with van der Waals surface area (Å²) < 4.78 is 5.38. The van der Waals surface area contributed by atoms with Gasteiger partial charge in [-0.15, -0.1) is 0 Å². The number of amides is 1. The largest absolute Gasteiger partial charge is 0.376 e. The lowest BCUT2D eigenvalue weighted by atomic mass is 9.95. The lowest BCUT2D eigenvalue weighted by Crippen LogP contribution is -2.53. The molecule has 0 saturated heterocycles. The first kappa shape index (κ1) is 9.48. The van der Waals surface area contributed by atoms with Crippen LogP contribution in [0.15, 0.2) is 0 Å². The van der Waals surface area contributed by atoms with E-state index < -0.39 is 11.4 Å². The van der Waals surface area contributed by atoms with E-state index in [1.807, 2.05) is 0 Å². The monoisotopic (exact) mass is 172 g/mol. The Hall–Kier alpha value is -0.610. The molecule has 1 aliphatic rings. The van der Waals surface area contributed by atoms with Crippen molar-refractivity contribution in [2.75, 3.05) is 6.61 Å². The first-order valence-corrected chi connectivity index (χ1v) is 4.23. The SMILES string of the molecule is CC(N)(COC1CCC1)C(N)=O. The van der Waals surface area contributed by atoms with Crippen molar-refractivity contribution in [3.05, 3.63) is 0 Å². The first-order valence-electron chi connectivity index (χ1n) is 4.23. The predicted octanol–water partition coefficient (Wildman–Crippen LogP) is -0.242. The predicted molar refractivity (Wildman–Crippen MR) is 45.4 cm³/mol. The van der Waals surface area contributed by atoms with Crippen molar-refractivity contribution >= 4 is 5.91 Å². The van der Waals surface area contributed by atoms with Crippen molar-refractivity contribution in [1.29, 1.82) is 0 Å². The number of nitrogens with two attached hydrogens (primary N) is 2. The molecule has 70 valence electrons. The van der Waals surface area contributed by atoms with Gasteiger partial charge in [-0.1, -0.05) is 0 Å².